The number of hydrogen-bond acceptors (Lipinski definition) is 2. The Balaban J connectivity index is 2.22. The molecule has 0 aliphatic heterocycles. The van der Waals surface area contributed by atoms with Gasteiger partial charge in [0, 0.05) is 5.54 Å². The average Bonchev–Trinajstić information content (AvgIpc) is 2.67. The van der Waals surface area contributed by atoms with Gasteiger partial charge in [0.15, 0.2) is 0 Å². The summed E-state index contributed by atoms with van der Waals surface area (Å²) in [6.45, 7) is 5.56. The van der Waals surface area contributed by atoms with Crippen LogP contribution in [0.5, 0.6) is 0 Å². The fourth-order valence-corrected chi connectivity index (χ4v) is 1.90. The first-order valence-corrected chi connectivity index (χ1v) is 5.56. The largest absolute Gasteiger partial charge is 0.394 e. The highest BCUT2D eigenvalue weighted by Gasteiger charge is 2.22. The first-order chi connectivity index (χ1) is 6.20. The summed E-state index contributed by atoms with van der Waals surface area (Å²) in [5.41, 5.74) is -0.0530. The molecule has 0 aromatic carbocycles. The highest BCUT2D eigenvalue weighted by atomic mass is 16.3. The Hall–Kier alpha value is -0.0800. The van der Waals surface area contributed by atoms with Crippen molar-refractivity contribution < 1.29 is 5.11 Å². The third-order valence-corrected chi connectivity index (χ3v) is 3.42. The molecule has 1 fully saturated rings. The summed E-state index contributed by atoms with van der Waals surface area (Å²) in [6, 6.07) is 0. The van der Waals surface area contributed by atoms with Crippen molar-refractivity contribution in [1.82, 2.24) is 5.32 Å². The standard InChI is InChI=1S/C11H23NO/c1-3-11(2,9-13)12-8-10-6-4-5-7-10/h10,12-13H,3-9H2,1-2H3. The average molecular weight is 185 g/mol. The highest BCUT2D eigenvalue weighted by Crippen LogP contribution is 2.24. The molecule has 0 bridgehead atoms. The quantitative estimate of drug-likeness (QED) is 0.686. The molecular formula is C11H23NO. The fourth-order valence-electron chi connectivity index (χ4n) is 1.90. The molecule has 2 nitrogen and oxygen atoms in total. The molecule has 0 heterocycles. The van der Waals surface area contributed by atoms with Gasteiger partial charge >= 0.3 is 0 Å². The Bertz CT molecular complexity index is 137. The van der Waals surface area contributed by atoms with Crippen LogP contribution >= 0.6 is 0 Å². The lowest BCUT2D eigenvalue weighted by Gasteiger charge is -2.28. The van der Waals surface area contributed by atoms with Crippen molar-refractivity contribution in [3.63, 3.8) is 0 Å². The van der Waals surface area contributed by atoms with Crippen molar-refractivity contribution in [3.8, 4) is 0 Å². The molecule has 1 rings (SSSR count). The zero-order valence-electron chi connectivity index (χ0n) is 8.97. The minimum Gasteiger partial charge on any atom is -0.394 e. The summed E-state index contributed by atoms with van der Waals surface area (Å²) in [6.07, 6.45) is 6.54. The summed E-state index contributed by atoms with van der Waals surface area (Å²) >= 11 is 0. The molecule has 1 unspecified atom stereocenters. The van der Waals surface area contributed by atoms with E-state index in [4.69, 9.17) is 0 Å². The first kappa shape index (κ1) is 11.0. The Labute approximate surface area is 81.7 Å². The van der Waals surface area contributed by atoms with Crippen LogP contribution in [0.4, 0.5) is 0 Å². The van der Waals surface area contributed by atoms with Crippen LogP contribution in [0.1, 0.15) is 46.0 Å². The molecule has 1 saturated carbocycles. The number of hydrogen-bond donors (Lipinski definition) is 2. The van der Waals surface area contributed by atoms with Crippen molar-refractivity contribution in [3.05, 3.63) is 0 Å². The maximum absolute atomic E-state index is 9.20. The summed E-state index contributed by atoms with van der Waals surface area (Å²) in [5, 5.41) is 12.7. The molecule has 78 valence electrons. The lowest BCUT2D eigenvalue weighted by Crippen LogP contribution is -2.46. The molecule has 2 heteroatoms. The molecule has 1 aliphatic rings. The second-order valence-electron chi connectivity index (χ2n) is 4.60. The number of nitrogens with one attached hydrogen (secondary N) is 1. The molecule has 1 aliphatic carbocycles. The zero-order valence-corrected chi connectivity index (χ0v) is 8.97. The van der Waals surface area contributed by atoms with Crippen LogP contribution < -0.4 is 5.32 Å². The van der Waals surface area contributed by atoms with Gasteiger partial charge in [-0.25, -0.2) is 0 Å². The van der Waals surface area contributed by atoms with Gasteiger partial charge in [0.1, 0.15) is 0 Å². The lowest BCUT2D eigenvalue weighted by molar-refractivity contribution is 0.164. The van der Waals surface area contributed by atoms with Gasteiger partial charge in [-0.1, -0.05) is 19.8 Å². The predicted molar refractivity (Wildman–Crippen MR) is 55.7 cm³/mol. The SMILES string of the molecule is CCC(C)(CO)NCC1CCCC1. The molecule has 0 radical (unpaired) electrons. The Kier molecular flexibility index (Phi) is 4.20. The van der Waals surface area contributed by atoms with Crippen LogP contribution in [0.3, 0.4) is 0 Å². The van der Waals surface area contributed by atoms with E-state index in [0.29, 0.717) is 0 Å². The van der Waals surface area contributed by atoms with Crippen LogP contribution in [0, 0.1) is 5.92 Å². The van der Waals surface area contributed by atoms with E-state index in [1.165, 1.54) is 25.7 Å². The molecule has 0 aromatic rings. The maximum Gasteiger partial charge on any atom is 0.0610 e. The molecular weight excluding hydrogens is 162 g/mol. The molecule has 0 aromatic heterocycles. The van der Waals surface area contributed by atoms with Crippen LogP contribution in [0.15, 0.2) is 0 Å². The van der Waals surface area contributed by atoms with E-state index < -0.39 is 0 Å². The molecule has 1 atom stereocenters. The van der Waals surface area contributed by atoms with E-state index in [1.807, 2.05) is 0 Å². The normalized spacial score (nSPS) is 23.3. The van der Waals surface area contributed by atoms with E-state index in [2.05, 4.69) is 19.2 Å². The Morgan fingerprint density at radius 2 is 2.00 bits per heavy atom. The molecule has 13 heavy (non-hydrogen) atoms. The number of aliphatic hydroxyl groups is 1. The van der Waals surface area contributed by atoms with E-state index in [9.17, 15) is 5.11 Å². The van der Waals surface area contributed by atoms with Gasteiger partial charge in [-0.05, 0) is 38.6 Å². The Morgan fingerprint density at radius 1 is 1.38 bits per heavy atom. The predicted octanol–water partition coefficient (Wildman–Crippen LogP) is 1.93. The first-order valence-electron chi connectivity index (χ1n) is 5.56. The monoisotopic (exact) mass is 185 g/mol. The minimum atomic E-state index is -0.0530. The van der Waals surface area contributed by atoms with Crippen LogP contribution in [0.2, 0.25) is 0 Å². The van der Waals surface area contributed by atoms with Gasteiger partial charge in [0.05, 0.1) is 6.61 Å². The van der Waals surface area contributed by atoms with Crippen LogP contribution in [0.25, 0.3) is 0 Å². The van der Waals surface area contributed by atoms with Gasteiger partial charge in [0.25, 0.3) is 0 Å². The summed E-state index contributed by atoms with van der Waals surface area (Å²) < 4.78 is 0. The topological polar surface area (TPSA) is 32.3 Å². The third-order valence-electron chi connectivity index (χ3n) is 3.42. The lowest BCUT2D eigenvalue weighted by atomic mass is 9.98. The maximum atomic E-state index is 9.20. The minimum absolute atomic E-state index is 0.0530. The molecule has 2 N–H and O–H groups in total. The third kappa shape index (κ3) is 3.28. The molecule has 0 amide bonds. The molecule has 0 saturated heterocycles. The fraction of sp³-hybridized carbons (Fsp3) is 1.00. The van der Waals surface area contributed by atoms with Gasteiger partial charge in [-0.3, -0.25) is 0 Å². The van der Waals surface area contributed by atoms with Crippen molar-refractivity contribution in [2.75, 3.05) is 13.2 Å². The van der Waals surface area contributed by atoms with Gasteiger partial charge in [-0.15, -0.1) is 0 Å². The number of aliphatic hydroxyl groups excluding tert-OH is 1. The van der Waals surface area contributed by atoms with Crippen molar-refractivity contribution in [1.29, 1.82) is 0 Å². The number of rotatable bonds is 5. The molecule has 0 spiro atoms. The Morgan fingerprint density at radius 3 is 2.46 bits per heavy atom. The van der Waals surface area contributed by atoms with Crippen LogP contribution in [-0.4, -0.2) is 23.8 Å². The van der Waals surface area contributed by atoms with Gasteiger partial charge < -0.3 is 10.4 Å². The van der Waals surface area contributed by atoms with E-state index in [0.717, 1.165) is 18.9 Å². The van der Waals surface area contributed by atoms with Gasteiger partial charge in [-0.2, -0.15) is 0 Å². The second-order valence-corrected chi connectivity index (χ2v) is 4.60. The summed E-state index contributed by atoms with van der Waals surface area (Å²) in [4.78, 5) is 0. The smallest absolute Gasteiger partial charge is 0.0610 e. The summed E-state index contributed by atoms with van der Waals surface area (Å²) in [5.74, 6) is 0.859. The van der Waals surface area contributed by atoms with E-state index in [1.54, 1.807) is 0 Å². The zero-order chi connectivity index (χ0) is 9.73. The summed E-state index contributed by atoms with van der Waals surface area (Å²) in [7, 11) is 0. The second kappa shape index (κ2) is 4.97. The van der Waals surface area contributed by atoms with Crippen LogP contribution in [-0.2, 0) is 0 Å². The van der Waals surface area contributed by atoms with Crippen molar-refractivity contribution >= 4 is 0 Å². The van der Waals surface area contributed by atoms with E-state index in [-0.39, 0.29) is 12.1 Å². The van der Waals surface area contributed by atoms with E-state index >= 15 is 0 Å². The highest BCUT2D eigenvalue weighted by molar-refractivity contribution is 4.82. The van der Waals surface area contributed by atoms with Crippen molar-refractivity contribution in [2.24, 2.45) is 5.92 Å². The van der Waals surface area contributed by atoms with Crippen molar-refractivity contribution in [2.45, 2.75) is 51.5 Å². The van der Waals surface area contributed by atoms with Gasteiger partial charge in [0.2, 0.25) is 0 Å².